The van der Waals surface area contributed by atoms with Gasteiger partial charge in [-0.05, 0) is 19.4 Å². The van der Waals surface area contributed by atoms with Gasteiger partial charge in [-0.25, -0.2) is 0 Å². The van der Waals surface area contributed by atoms with Gasteiger partial charge in [0.15, 0.2) is 0 Å². The summed E-state index contributed by atoms with van der Waals surface area (Å²) in [5.74, 6) is 0.742. The highest BCUT2D eigenvalue weighted by molar-refractivity contribution is 5.81. The van der Waals surface area contributed by atoms with Crippen LogP contribution in [0.25, 0.3) is 0 Å². The molecule has 0 aromatic heterocycles. The van der Waals surface area contributed by atoms with Crippen LogP contribution in [0.5, 0.6) is 0 Å². The van der Waals surface area contributed by atoms with Gasteiger partial charge in [-0.15, -0.1) is 0 Å². The van der Waals surface area contributed by atoms with Crippen LogP contribution in [0, 0.1) is 5.92 Å². The maximum atomic E-state index is 11.3. The van der Waals surface area contributed by atoms with E-state index in [1.165, 1.54) is 0 Å². The van der Waals surface area contributed by atoms with Gasteiger partial charge in [0, 0.05) is 18.4 Å². The van der Waals surface area contributed by atoms with Gasteiger partial charge in [0.1, 0.15) is 5.78 Å². The third-order valence-electron chi connectivity index (χ3n) is 2.55. The van der Waals surface area contributed by atoms with E-state index in [4.69, 9.17) is 0 Å². The number of carbonyl (C=O) groups excluding carboxylic acids is 1. The molecule has 1 N–H and O–H groups in total. The summed E-state index contributed by atoms with van der Waals surface area (Å²) in [5.41, 5.74) is 0. The first-order chi connectivity index (χ1) is 5.29. The molecule has 0 aliphatic carbocycles. The molecule has 0 bridgehead atoms. The van der Waals surface area contributed by atoms with Crippen LogP contribution in [0.2, 0.25) is 0 Å². The van der Waals surface area contributed by atoms with Gasteiger partial charge in [-0.2, -0.15) is 0 Å². The van der Waals surface area contributed by atoms with Gasteiger partial charge in [0.2, 0.25) is 0 Å². The van der Waals surface area contributed by atoms with E-state index in [-0.39, 0.29) is 0 Å². The third kappa shape index (κ3) is 1.80. The zero-order valence-electron chi connectivity index (χ0n) is 7.39. The molecule has 1 aliphatic rings. The van der Waals surface area contributed by atoms with Crippen molar-refractivity contribution in [2.24, 2.45) is 5.92 Å². The monoisotopic (exact) mass is 155 g/mol. The average Bonchev–Trinajstić information content (AvgIpc) is 2.50. The van der Waals surface area contributed by atoms with E-state index < -0.39 is 0 Å². The van der Waals surface area contributed by atoms with Crippen LogP contribution in [0.3, 0.4) is 0 Å². The molecule has 2 unspecified atom stereocenters. The fraction of sp³-hybridized carbons (Fsp3) is 0.889. The summed E-state index contributed by atoms with van der Waals surface area (Å²) in [6.45, 7) is 5.11. The molecule has 0 aromatic carbocycles. The SMILES string of the molecule is CCC(=O)C1CCNC1CC. The van der Waals surface area contributed by atoms with Crippen molar-refractivity contribution in [2.45, 2.75) is 39.2 Å². The van der Waals surface area contributed by atoms with E-state index in [0.29, 0.717) is 24.2 Å². The summed E-state index contributed by atoms with van der Waals surface area (Å²) in [4.78, 5) is 11.3. The van der Waals surface area contributed by atoms with Crippen molar-refractivity contribution >= 4 is 5.78 Å². The minimum absolute atomic E-state index is 0.310. The summed E-state index contributed by atoms with van der Waals surface area (Å²) in [6, 6.07) is 0.461. The lowest BCUT2D eigenvalue weighted by Gasteiger charge is -2.15. The highest BCUT2D eigenvalue weighted by Gasteiger charge is 2.29. The van der Waals surface area contributed by atoms with Gasteiger partial charge >= 0.3 is 0 Å². The number of rotatable bonds is 3. The number of hydrogen-bond acceptors (Lipinski definition) is 2. The van der Waals surface area contributed by atoms with Crippen molar-refractivity contribution in [3.63, 3.8) is 0 Å². The first-order valence-corrected chi connectivity index (χ1v) is 4.55. The number of hydrogen-bond donors (Lipinski definition) is 1. The molecule has 1 saturated heterocycles. The van der Waals surface area contributed by atoms with Crippen molar-refractivity contribution in [1.82, 2.24) is 5.32 Å². The first-order valence-electron chi connectivity index (χ1n) is 4.55. The molecule has 2 nitrogen and oxygen atoms in total. The van der Waals surface area contributed by atoms with E-state index in [2.05, 4.69) is 12.2 Å². The Balaban J connectivity index is 2.49. The second kappa shape index (κ2) is 3.86. The molecule has 1 aliphatic heterocycles. The largest absolute Gasteiger partial charge is 0.313 e. The fourth-order valence-electron chi connectivity index (χ4n) is 1.84. The fourth-order valence-corrected chi connectivity index (χ4v) is 1.84. The third-order valence-corrected chi connectivity index (χ3v) is 2.55. The molecule has 1 heterocycles. The van der Waals surface area contributed by atoms with Crippen LogP contribution < -0.4 is 5.32 Å². The quantitative estimate of drug-likeness (QED) is 0.666. The smallest absolute Gasteiger partial charge is 0.137 e. The number of carbonyl (C=O) groups is 1. The standard InChI is InChI=1S/C9H17NO/c1-3-8-7(5-6-10-8)9(11)4-2/h7-8,10H,3-6H2,1-2H3. The number of Topliss-reactive ketones (excluding diaryl/α,β-unsaturated/α-hetero) is 1. The highest BCUT2D eigenvalue weighted by Crippen LogP contribution is 2.19. The first kappa shape index (κ1) is 8.72. The second-order valence-electron chi connectivity index (χ2n) is 3.18. The molecule has 0 amide bonds. The lowest BCUT2D eigenvalue weighted by Crippen LogP contribution is -2.30. The molecule has 0 radical (unpaired) electrons. The predicted octanol–water partition coefficient (Wildman–Crippen LogP) is 1.35. The maximum absolute atomic E-state index is 11.3. The molecular weight excluding hydrogens is 138 g/mol. The summed E-state index contributed by atoms with van der Waals surface area (Å²) >= 11 is 0. The summed E-state index contributed by atoms with van der Waals surface area (Å²) < 4.78 is 0. The van der Waals surface area contributed by atoms with E-state index in [9.17, 15) is 4.79 Å². The van der Waals surface area contributed by atoms with Crippen LogP contribution in [-0.4, -0.2) is 18.4 Å². The second-order valence-corrected chi connectivity index (χ2v) is 3.18. The van der Waals surface area contributed by atoms with Crippen LogP contribution in [0.1, 0.15) is 33.1 Å². The van der Waals surface area contributed by atoms with E-state index in [1.807, 2.05) is 6.92 Å². The Morgan fingerprint density at radius 2 is 2.27 bits per heavy atom. The summed E-state index contributed by atoms with van der Waals surface area (Å²) in [5, 5.41) is 3.35. The van der Waals surface area contributed by atoms with Gasteiger partial charge in [0.25, 0.3) is 0 Å². The Bertz CT molecular complexity index is 144. The number of nitrogens with one attached hydrogen (secondary N) is 1. The van der Waals surface area contributed by atoms with Crippen molar-refractivity contribution in [3.05, 3.63) is 0 Å². The van der Waals surface area contributed by atoms with Gasteiger partial charge in [0.05, 0.1) is 0 Å². The predicted molar refractivity (Wildman–Crippen MR) is 45.5 cm³/mol. The Morgan fingerprint density at radius 1 is 1.55 bits per heavy atom. The minimum Gasteiger partial charge on any atom is -0.313 e. The molecule has 1 rings (SSSR count). The molecule has 64 valence electrons. The van der Waals surface area contributed by atoms with Crippen LogP contribution >= 0.6 is 0 Å². The van der Waals surface area contributed by atoms with Crippen molar-refractivity contribution in [2.75, 3.05) is 6.54 Å². The molecule has 2 heteroatoms. The topological polar surface area (TPSA) is 29.1 Å². The van der Waals surface area contributed by atoms with Crippen LogP contribution in [0.4, 0.5) is 0 Å². The molecule has 11 heavy (non-hydrogen) atoms. The van der Waals surface area contributed by atoms with Crippen LogP contribution in [0.15, 0.2) is 0 Å². The molecule has 1 fully saturated rings. The van der Waals surface area contributed by atoms with Crippen LogP contribution in [-0.2, 0) is 4.79 Å². The van der Waals surface area contributed by atoms with E-state index in [1.54, 1.807) is 0 Å². The summed E-state index contributed by atoms with van der Waals surface area (Å²) in [7, 11) is 0. The molecule has 0 spiro atoms. The molecule has 2 atom stereocenters. The minimum atomic E-state index is 0.310. The normalized spacial score (nSPS) is 30.7. The molecular formula is C9H17NO. The lowest BCUT2D eigenvalue weighted by atomic mass is 9.93. The van der Waals surface area contributed by atoms with E-state index >= 15 is 0 Å². The van der Waals surface area contributed by atoms with Gasteiger partial charge < -0.3 is 5.32 Å². The maximum Gasteiger partial charge on any atom is 0.137 e. The van der Waals surface area contributed by atoms with Crippen molar-refractivity contribution in [1.29, 1.82) is 0 Å². The molecule has 0 aromatic rings. The Hall–Kier alpha value is -0.370. The van der Waals surface area contributed by atoms with Gasteiger partial charge in [-0.3, -0.25) is 4.79 Å². The van der Waals surface area contributed by atoms with Crippen molar-refractivity contribution < 1.29 is 4.79 Å². The Morgan fingerprint density at radius 3 is 2.82 bits per heavy atom. The molecule has 0 saturated carbocycles. The summed E-state index contributed by atoms with van der Waals surface area (Å²) in [6.07, 6.45) is 2.82. The zero-order chi connectivity index (χ0) is 8.27. The Kier molecular flexibility index (Phi) is 3.06. The van der Waals surface area contributed by atoms with Crippen molar-refractivity contribution in [3.8, 4) is 0 Å². The zero-order valence-corrected chi connectivity index (χ0v) is 7.39. The average molecular weight is 155 g/mol. The van der Waals surface area contributed by atoms with E-state index in [0.717, 1.165) is 19.4 Å². The highest BCUT2D eigenvalue weighted by atomic mass is 16.1. The Labute approximate surface area is 68.4 Å². The number of ketones is 1. The van der Waals surface area contributed by atoms with Gasteiger partial charge in [-0.1, -0.05) is 13.8 Å². The lowest BCUT2D eigenvalue weighted by molar-refractivity contribution is -0.122.